The molecule has 10 heavy (non-hydrogen) atoms. The van der Waals surface area contributed by atoms with E-state index in [0.29, 0.717) is 0 Å². The lowest BCUT2D eigenvalue weighted by molar-refractivity contribution is -0.124. The summed E-state index contributed by atoms with van der Waals surface area (Å²) in [6.07, 6.45) is 4.12. The van der Waals surface area contributed by atoms with Gasteiger partial charge in [-0.05, 0) is 12.2 Å². The fraction of sp³-hybridized carbons (Fsp3) is 0.143. The van der Waals surface area contributed by atoms with Crippen molar-refractivity contribution in [1.29, 1.82) is 0 Å². The fourth-order valence-electron chi connectivity index (χ4n) is 0.336. The van der Waals surface area contributed by atoms with Crippen molar-refractivity contribution in [2.75, 3.05) is 7.05 Å². The molecule has 0 fully saturated rings. The van der Waals surface area contributed by atoms with E-state index in [9.17, 15) is 4.79 Å². The minimum absolute atomic E-state index is 0.238. The second-order valence-corrected chi connectivity index (χ2v) is 1.57. The normalized spacial score (nSPS) is 9.30. The molecule has 0 aliphatic rings. The molecule has 0 aliphatic heterocycles. The first-order valence-electron chi connectivity index (χ1n) is 2.77. The number of hydrogen-bond donors (Lipinski definition) is 0. The lowest BCUT2D eigenvalue weighted by Gasteiger charge is -2.04. The average Bonchev–Trinajstić information content (AvgIpc) is 1.98. The Bertz CT molecular complexity index is 172. The summed E-state index contributed by atoms with van der Waals surface area (Å²) in [7, 11) is 1.55. The first kappa shape index (κ1) is 8.62. The molecule has 0 unspecified atom stereocenters. The number of carbonyl (C=O) groups is 1. The van der Waals surface area contributed by atoms with Gasteiger partial charge in [0.15, 0.2) is 0 Å². The van der Waals surface area contributed by atoms with Gasteiger partial charge in [0, 0.05) is 13.3 Å². The van der Waals surface area contributed by atoms with E-state index >= 15 is 0 Å². The van der Waals surface area contributed by atoms with Gasteiger partial charge in [0.05, 0.1) is 0 Å². The minimum atomic E-state index is -0.238. The second kappa shape index (κ2) is 4.49. The fourth-order valence-corrected chi connectivity index (χ4v) is 0.336. The van der Waals surface area contributed by atoms with Crippen LogP contribution in [-0.2, 0) is 4.79 Å². The number of hydrazone groups is 1. The highest BCUT2D eigenvalue weighted by Gasteiger charge is 1.97. The molecule has 3 nitrogen and oxygen atoms in total. The maximum Gasteiger partial charge on any atom is 0.265 e. The van der Waals surface area contributed by atoms with Gasteiger partial charge in [-0.15, -0.1) is 0 Å². The summed E-state index contributed by atoms with van der Waals surface area (Å²) < 4.78 is 0. The van der Waals surface area contributed by atoms with Crippen molar-refractivity contribution >= 4 is 12.1 Å². The molecule has 0 heterocycles. The number of amides is 1. The van der Waals surface area contributed by atoms with Crippen molar-refractivity contribution in [2.24, 2.45) is 5.10 Å². The van der Waals surface area contributed by atoms with Crippen LogP contribution in [0.2, 0.25) is 0 Å². The maximum atomic E-state index is 10.7. The molecule has 1 amide bonds. The Morgan fingerprint density at radius 1 is 1.60 bits per heavy atom. The Morgan fingerprint density at radius 2 is 2.20 bits per heavy atom. The van der Waals surface area contributed by atoms with E-state index in [1.54, 1.807) is 7.05 Å². The molecule has 3 heteroatoms. The number of likely N-dealkylation sites (N-methyl/N-ethyl adjacent to an activating group) is 1. The lowest BCUT2D eigenvalue weighted by Crippen LogP contribution is -2.17. The zero-order chi connectivity index (χ0) is 7.98. The van der Waals surface area contributed by atoms with Gasteiger partial charge in [0.2, 0.25) is 0 Å². The van der Waals surface area contributed by atoms with Crippen LogP contribution >= 0.6 is 0 Å². The van der Waals surface area contributed by atoms with Crippen LogP contribution in [0.25, 0.3) is 0 Å². The van der Waals surface area contributed by atoms with Crippen molar-refractivity contribution in [1.82, 2.24) is 5.01 Å². The van der Waals surface area contributed by atoms with E-state index in [2.05, 4.69) is 18.3 Å². The smallest absolute Gasteiger partial charge is 0.265 e. The predicted octanol–water partition coefficient (Wildman–Crippen LogP) is 0.803. The molecule has 0 aromatic heterocycles. The molecule has 0 rings (SSSR count). The van der Waals surface area contributed by atoms with E-state index in [-0.39, 0.29) is 5.91 Å². The number of rotatable bonds is 3. The first-order chi connectivity index (χ1) is 4.72. The molecule has 0 saturated heterocycles. The van der Waals surface area contributed by atoms with E-state index < -0.39 is 0 Å². The van der Waals surface area contributed by atoms with E-state index in [1.807, 2.05) is 0 Å². The summed E-state index contributed by atoms with van der Waals surface area (Å²) in [5.41, 5.74) is 0. The monoisotopic (exact) mass is 138 g/mol. The molecule has 0 radical (unpaired) electrons. The number of allylic oxidation sites excluding steroid dienone is 1. The molecule has 0 N–H and O–H groups in total. The molecule has 0 atom stereocenters. The average molecular weight is 138 g/mol. The molecule has 0 saturated carbocycles. The highest BCUT2D eigenvalue weighted by molar-refractivity contribution is 5.87. The second-order valence-electron chi connectivity index (χ2n) is 1.57. The quantitative estimate of drug-likeness (QED) is 0.322. The SMILES string of the molecule is C=C/C=N\N(C)C(=O)C=C. The maximum absolute atomic E-state index is 10.7. The number of nitrogens with zero attached hydrogens (tertiary/aromatic N) is 2. The highest BCUT2D eigenvalue weighted by atomic mass is 16.2. The summed E-state index contributed by atoms with van der Waals surface area (Å²) in [6.45, 7) is 6.70. The Morgan fingerprint density at radius 3 is 2.60 bits per heavy atom. The van der Waals surface area contributed by atoms with Crippen LogP contribution in [0.15, 0.2) is 30.4 Å². The van der Waals surface area contributed by atoms with E-state index in [0.717, 1.165) is 0 Å². The molecule has 0 aromatic carbocycles. The van der Waals surface area contributed by atoms with E-state index in [4.69, 9.17) is 0 Å². The van der Waals surface area contributed by atoms with Crippen molar-refractivity contribution in [3.8, 4) is 0 Å². The van der Waals surface area contributed by atoms with Gasteiger partial charge >= 0.3 is 0 Å². The molecule has 0 bridgehead atoms. The Kier molecular flexibility index (Phi) is 3.87. The van der Waals surface area contributed by atoms with Gasteiger partial charge in [0.1, 0.15) is 0 Å². The molecule has 0 aliphatic carbocycles. The third-order valence-corrected chi connectivity index (χ3v) is 0.839. The van der Waals surface area contributed by atoms with Crippen LogP contribution in [0, 0.1) is 0 Å². The van der Waals surface area contributed by atoms with Crippen LogP contribution in [0.4, 0.5) is 0 Å². The van der Waals surface area contributed by atoms with Gasteiger partial charge < -0.3 is 0 Å². The summed E-state index contributed by atoms with van der Waals surface area (Å²) in [6, 6.07) is 0. The molecule has 54 valence electrons. The van der Waals surface area contributed by atoms with Gasteiger partial charge in [-0.2, -0.15) is 5.10 Å². The topological polar surface area (TPSA) is 32.7 Å². The Balaban J connectivity index is 3.94. The molecular formula is C7H10N2O. The van der Waals surface area contributed by atoms with Crippen LogP contribution in [0.3, 0.4) is 0 Å². The Labute approximate surface area is 60.3 Å². The predicted molar refractivity (Wildman–Crippen MR) is 41.7 cm³/mol. The largest absolute Gasteiger partial charge is 0.268 e. The zero-order valence-electron chi connectivity index (χ0n) is 5.95. The standard InChI is InChI=1S/C7H10N2O/c1-4-6-8-9(3)7(10)5-2/h4-6H,1-2H2,3H3/b8-6-. The minimum Gasteiger partial charge on any atom is -0.268 e. The molecule has 0 aromatic rings. The lowest BCUT2D eigenvalue weighted by atomic mass is 10.6. The van der Waals surface area contributed by atoms with Crippen molar-refractivity contribution in [3.63, 3.8) is 0 Å². The van der Waals surface area contributed by atoms with Gasteiger partial charge in [-0.1, -0.05) is 13.2 Å². The van der Waals surface area contributed by atoms with Gasteiger partial charge in [-0.25, -0.2) is 5.01 Å². The van der Waals surface area contributed by atoms with Gasteiger partial charge in [0.25, 0.3) is 5.91 Å². The van der Waals surface area contributed by atoms with Crippen LogP contribution < -0.4 is 0 Å². The molecule has 0 spiro atoms. The van der Waals surface area contributed by atoms with E-state index in [1.165, 1.54) is 23.4 Å². The number of hydrogen-bond acceptors (Lipinski definition) is 2. The number of carbonyl (C=O) groups excluding carboxylic acids is 1. The summed E-state index contributed by atoms with van der Waals surface area (Å²) >= 11 is 0. The summed E-state index contributed by atoms with van der Waals surface area (Å²) in [4.78, 5) is 10.7. The van der Waals surface area contributed by atoms with Gasteiger partial charge in [-0.3, -0.25) is 4.79 Å². The Hall–Kier alpha value is -1.38. The first-order valence-corrected chi connectivity index (χ1v) is 2.77. The van der Waals surface area contributed by atoms with Crippen LogP contribution in [0.1, 0.15) is 0 Å². The third-order valence-electron chi connectivity index (χ3n) is 0.839. The van der Waals surface area contributed by atoms with Crippen LogP contribution in [0.5, 0.6) is 0 Å². The van der Waals surface area contributed by atoms with Crippen molar-refractivity contribution < 1.29 is 4.79 Å². The van der Waals surface area contributed by atoms with Crippen molar-refractivity contribution in [2.45, 2.75) is 0 Å². The summed E-state index contributed by atoms with van der Waals surface area (Å²) in [5, 5.41) is 4.86. The highest BCUT2D eigenvalue weighted by Crippen LogP contribution is 1.84. The molecular weight excluding hydrogens is 128 g/mol. The van der Waals surface area contributed by atoms with Crippen molar-refractivity contribution in [3.05, 3.63) is 25.3 Å². The zero-order valence-corrected chi connectivity index (χ0v) is 5.95. The van der Waals surface area contributed by atoms with Crippen LogP contribution in [-0.4, -0.2) is 24.2 Å². The summed E-state index contributed by atoms with van der Waals surface area (Å²) in [5.74, 6) is -0.238. The third kappa shape index (κ3) is 2.81.